The van der Waals surface area contributed by atoms with Gasteiger partial charge in [0.05, 0.1) is 18.3 Å². The molecule has 10 heteroatoms. The predicted octanol–water partition coefficient (Wildman–Crippen LogP) is 3.51. The molecule has 0 amide bonds. The minimum absolute atomic E-state index is 0.0163. The van der Waals surface area contributed by atoms with Crippen molar-refractivity contribution in [3.63, 3.8) is 0 Å². The first-order valence-electron chi connectivity index (χ1n) is 13.8. The third kappa shape index (κ3) is 4.25. The number of phenolic OH excluding ortho intramolecular Hbond substituents is 1. The third-order valence-electron chi connectivity index (χ3n) is 8.78. The van der Waals surface area contributed by atoms with Crippen LogP contribution in [0.1, 0.15) is 80.6 Å². The zero-order valence-electron chi connectivity index (χ0n) is 22.5. The van der Waals surface area contributed by atoms with Gasteiger partial charge in [-0.2, -0.15) is 0 Å². The van der Waals surface area contributed by atoms with Gasteiger partial charge in [-0.05, 0) is 37.8 Å². The number of hydrogen-bond donors (Lipinski definition) is 4. The molecule has 1 fully saturated rings. The van der Waals surface area contributed by atoms with Crippen molar-refractivity contribution in [2.24, 2.45) is 11.8 Å². The Labute approximate surface area is 231 Å². The van der Waals surface area contributed by atoms with Crippen LogP contribution in [0.5, 0.6) is 5.75 Å². The fourth-order valence-electron chi connectivity index (χ4n) is 6.92. The van der Waals surface area contributed by atoms with Gasteiger partial charge >= 0.3 is 5.97 Å². The number of aromatic hydroxyl groups is 1. The molecule has 0 bridgehead atoms. The molecule has 1 aromatic carbocycles. The van der Waals surface area contributed by atoms with E-state index in [-0.39, 0.29) is 36.0 Å². The standard InChI is InChI=1S/C30H34O10/c1-3-7-21(34)40-27-18-12-20(33)22(14(2)31)28(36)30(18,38)29(37)25-24(27)17(13-39-15-8-4-5-9-15)16-10-6-11-19(32)23(16)26(25)35/h6,10-11,15,17-18,24,27,32-33,37-38H,3-5,7-9,12-13H2,1-2H3/t17-,18+,24+,27+,30+/m0/s1. The summed E-state index contributed by atoms with van der Waals surface area (Å²) in [6.07, 6.45) is 2.38. The molecule has 5 rings (SSSR count). The van der Waals surface area contributed by atoms with Crippen molar-refractivity contribution in [2.75, 3.05) is 6.61 Å². The van der Waals surface area contributed by atoms with Crippen molar-refractivity contribution >= 4 is 23.3 Å². The Hall–Kier alpha value is -3.50. The van der Waals surface area contributed by atoms with Crippen LogP contribution in [0.2, 0.25) is 0 Å². The van der Waals surface area contributed by atoms with Crippen LogP contribution in [-0.2, 0) is 23.9 Å². The molecule has 0 spiro atoms. The molecule has 4 aliphatic rings. The number of aliphatic hydroxyl groups excluding tert-OH is 2. The summed E-state index contributed by atoms with van der Waals surface area (Å²) in [4.78, 5) is 52.6. The van der Waals surface area contributed by atoms with Gasteiger partial charge in [0.1, 0.15) is 28.9 Å². The Bertz CT molecular complexity index is 1330. The van der Waals surface area contributed by atoms with E-state index in [1.807, 2.05) is 0 Å². The molecule has 1 aromatic rings. The predicted molar refractivity (Wildman–Crippen MR) is 140 cm³/mol. The number of benzene rings is 1. The Balaban J connectivity index is 1.73. The van der Waals surface area contributed by atoms with E-state index in [0.717, 1.165) is 32.6 Å². The number of aliphatic hydroxyl groups is 3. The average molecular weight is 555 g/mol. The van der Waals surface area contributed by atoms with Gasteiger partial charge in [-0.25, -0.2) is 0 Å². The summed E-state index contributed by atoms with van der Waals surface area (Å²) in [6, 6.07) is 4.56. The molecule has 0 saturated heterocycles. The summed E-state index contributed by atoms with van der Waals surface area (Å²) in [5.74, 6) is -8.63. The second-order valence-corrected chi connectivity index (χ2v) is 11.2. The largest absolute Gasteiger partial charge is 0.511 e. The van der Waals surface area contributed by atoms with Gasteiger partial charge < -0.3 is 29.9 Å². The zero-order chi connectivity index (χ0) is 28.9. The van der Waals surface area contributed by atoms with Crippen molar-refractivity contribution in [1.29, 1.82) is 0 Å². The molecule has 0 unspecified atom stereocenters. The van der Waals surface area contributed by atoms with Crippen molar-refractivity contribution in [3.8, 4) is 5.75 Å². The van der Waals surface area contributed by atoms with Crippen LogP contribution in [0.25, 0.3) is 0 Å². The molecule has 0 aliphatic heterocycles. The maximum atomic E-state index is 13.9. The number of hydrogen-bond acceptors (Lipinski definition) is 10. The summed E-state index contributed by atoms with van der Waals surface area (Å²) >= 11 is 0. The van der Waals surface area contributed by atoms with Gasteiger partial charge in [-0.3, -0.25) is 19.2 Å². The molecule has 4 N–H and O–H groups in total. The van der Waals surface area contributed by atoms with E-state index in [2.05, 4.69) is 0 Å². The van der Waals surface area contributed by atoms with Gasteiger partial charge in [-0.1, -0.05) is 31.9 Å². The van der Waals surface area contributed by atoms with Crippen molar-refractivity contribution in [3.05, 3.63) is 52.0 Å². The normalized spacial score (nSPS) is 30.2. The maximum absolute atomic E-state index is 13.9. The number of fused-ring (bicyclic) bond motifs is 3. The second kappa shape index (κ2) is 10.5. The molecular formula is C30H34O10. The number of carbonyl (C=O) groups excluding carboxylic acids is 4. The third-order valence-corrected chi connectivity index (χ3v) is 8.78. The first-order valence-corrected chi connectivity index (χ1v) is 13.8. The highest BCUT2D eigenvalue weighted by Crippen LogP contribution is 2.56. The van der Waals surface area contributed by atoms with E-state index in [4.69, 9.17) is 9.47 Å². The summed E-state index contributed by atoms with van der Waals surface area (Å²) in [6.45, 7) is 2.87. The van der Waals surface area contributed by atoms with Gasteiger partial charge in [0.25, 0.3) is 0 Å². The van der Waals surface area contributed by atoms with Gasteiger partial charge in [-0.15, -0.1) is 0 Å². The molecule has 0 aromatic heterocycles. The highest BCUT2D eigenvalue weighted by Gasteiger charge is 2.65. The fraction of sp³-hybridized carbons (Fsp3) is 0.533. The Morgan fingerprint density at radius 2 is 1.80 bits per heavy atom. The molecule has 10 nitrogen and oxygen atoms in total. The van der Waals surface area contributed by atoms with Crippen LogP contribution in [-0.4, -0.2) is 68.2 Å². The maximum Gasteiger partial charge on any atom is 0.306 e. The van der Waals surface area contributed by atoms with E-state index in [0.29, 0.717) is 12.0 Å². The fourth-order valence-corrected chi connectivity index (χ4v) is 6.92. The topological polar surface area (TPSA) is 168 Å². The Morgan fingerprint density at radius 3 is 2.45 bits per heavy atom. The smallest absolute Gasteiger partial charge is 0.306 e. The molecule has 0 radical (unpaired) electrons. The number of Topliss-reactive ketones (excluding diaryl/α,β-unsaturated/α-hetero) is 3. The molecule has 214 valence electrons. The van der Waals surface area contributed by atoms with Crippen molar-refractivity contribution in [1.82, 2.24) is 0 Å². The van der Waals surface area contributed by atoms with Gasteiger partial charge in [0, 0.05) is 36.2 Å². The number of ketones is 3. The highest BCUT2D eigenvalue weighted by molar-refractivity contribution is 6.25. The molecule has 1 saturated carbocycles. The van der Waals surface area contributed by atoms with E-state index >= 15 is 0 Å². The van der Waals surface area contributed by atoms with E-state index in [9.17, 15) is 39.6 Å². The minimum Gasteiger partial charge on any atom is -0.511 e. The molecular weight excluding hydrogens is 520 g/mol. The number of carbonyl (C=O) groups is 4. The monoisotopic (exact) mass is 554 g/mol. The van der Waals surface area contributed by atoms with Crippen LogP contribution in [0.15, 0.2) is 40.9 Å². The Morgan fingerprint density at radius 1 is 1.10 bits per heavy atom. The summed E-state index contributed by atoms with van der Waals surface area (Å²) in [7, 11) is 0. The van der Waals surface area contributed by atoms with Crippen LogP contribution >= 0.6 is 0 Å². The van der Waals surface area contributed by atoms with Crippen LogP contribution in [0.3, 0.4) is 0 Å². The molecule has 40 heavy (non-hydrogen) atoms. The number of esters is 1. The number of allylic oxidation sites excluding steroid dienone is 1. The lowest BCUT2D eigenvalue weighted by atomic mass is 9.56. The van der Waals surface area contributed by atoms with E-state index in [1.54, 1.807) is 19.1 Å². The number of phenols is 1. The summed E-state index contributed by atoms with van der Waals surface area (Å²) < 4.78 is 12.1. The molecule has 5 atom stereocenters. The van der Waals surface area contributed by atoms with Crippen molar-refractivity contribution < 1.29 is 49.1 Å². The second-order valence-electron chi connectivity index (χ2n) is 11.2. The highest BCUT2D eigenvalue weighted by atomic mass is 16.5. The van der Waals surface area contributed by atoms with E-state index < -0.39 is 76.3 Å². The van der Waals surface area contributed by atoms with E-state index in [1.165, 1.54) is 6.07 Å². The lowest BCUT2D eigenvalue weighted by molar-refractivity contribution is -0.175. The quantitative estimate of drug-likeness (QED) is 0.289. The number of ether oxygens (including phenoxy) is 2. The van der Waals surface area contributed by atoms with Gasteiger partial charge in [0.2, 0.25) is 5.78 Å². The summed E-state index contributed by atoms with van der Waals surface area (Å²) in [5, 5.41) is 44.9. The van der Waals surface area contributed by atoms with Gasteiger partial charge in [0.15, 0.2) is 17.2 Å². The zero-order valence-corrected chi connectivity index (χ0v) is 22.5. The molecule has 4 aliphatic carbocycles. The van der Waals surface area contributed by atoms with Crippen LogP contribution < -0.4 is 0 Å². The number of rotatable bonds is 7. The average Bonchev–Trinajstić information content (AvgIpc) is 3.41. The first-order chi connectivity index (χ1) is 19.0. The Kier molecular flexibility index (Phi) is 7.35. The SMILES string of the molecule is CCCC(=O)O[C@H]1[C@H]2C(=C(O)[C@]3(O)C(=O)C(C(C)=O)=C(O)C[C@H]13)C(=O)c1c(O)cccc1[C@@H]2COC1CCCC1. The van der Waals surface area contributed by atoms with Crippen LogP contribution in [0.4, 0.5) is 0 Å². The lowest BCUT2D eigenvalue weighted by Gasteiger charge is -2.51. The first kappa shape index (κ1) is 28.0. The van der Waals surface area contributed by atoms with Crippen LogP contribution in [0, 0.1) is 11.8 Å². The van der Waals surface area contributed by atoms with Crippen molar-refractivity contribution in [2.45, 2.75) is 82.5 Å². The molecule has 0 heterocycles. The minimum atomic E-state index is -2.81. The summed E-state index contributed by atoms with van der Waals surface area (Å²) in [5.41, 5.74) is -3.55. The lowest BCUT2D eigenvalue weighted by Crippen LogP contribution is -2.63.